The Bertz CT molecular complexity index is 351. The van der Waals surface area contributed by atoms with Crippen molar-refractivity contribution in [2.75, 3.05) is 13.1 Å². The highest BCUT2D eigenvalue weighted by molar-refractivity contribution is 5.15. The lowest BCUT2D eigenvalue weighted by atomic mass is 9.98. The summed E-state index contributed by atoms with van der Waals surface area (Å²) in [5.74, 6) is 0. The minimum absolute atomic E-state index is 0.229. The molecule has 80 valence electrons. The average molecular weight is 203 g/mol. The molecular formula is C13H17NO. The molecule has 2 aliphatic rings. The summed E-state index contributed by atoms with van der Waals surface area (Å²) in [6.07, 6.45) is 1.68. The Hall–Kier alpha value is -0.860. The fraction of sp³-hybridized carbons (Fsp3) is 0.538. The number of epoxide rings is 1. The van der Waals surface area contributed by atoms with Gasteiger partial charge in [0, 0.05) is 19.6 Å². The van der Waals surface area contributed by atoms with E-state index >= 15 is 0 Å². The van der Waals surface area contributed by atoms with Gasteiger partial charge in [-0.1, -0.05) is 30.3 Å². The molecule has 3 rings (SSSR count). The molecule has 0 amide bonds. The Labute approximate surface area is 90.8 Å². The number of piperidine rings is 1. The van der Waals surface area contributed by atoms with E-state index in [0.29, 0.717) is 6.10 Å². The number of likely N-dealkylation sites (tertiary alicyclic amines) is 1. The van der Waals surface area contributed by atoms with Crippen molar-refractivity contribution in [1.29, 1.82) is 0 Å². The van der Waals surface area contributed by atoms with Crippen LogP contribution < -0.4 is 0 Å². The molecule has 15 heavy (non-hydrogen) atoms. The maximum atomic E-state index is 5.69. The molecule has 0 aliphatic carbocycles. The van der Waals surface area contributed by atoms with Crippen LogP contribution in [0.25, 0.3) is 0 Å². The largest absolute Gasteiger partial charge is 0.365 e. The van der Waals surface area contributed by atoms with E-state index in [1.165, 1.54) is 18.5 Å². The molecule has 0 N–H and O–H groups in total. The summed E-state index contributed by atoms with van der Waals surface area (Å²) in [6, 6.07) is 10.7. The van der Waals surface area contributed by atoms with Gasteiger partial charge >= 0.3 is 0 Å². The fourth-order valence-electron chi connectivity index (χ4n) is 2.43. The Kier molecular flexibility index (Phi) is 2.08. The fourth-order valence-corrected chi connectivity index (χ4v) is 2.43. The van der Waals surface area contributed by atoms with Gasteiger partial charge in [-0.05, 0) is 18.9 Å². The Morgan fingerprint density at radius 1 is 1.40 bits per heavy atom. The predicted octanol–water partition coefficient (Wildman–Crippen LogP) is 2.05. The van der Waals surface area contributed by atoms with Gasteiger partial charge in [-0.25, -0.2) is 0 Å². The van der Waals surface area contributed by atoms with Crippen LogP contribution in [0, 0.1) is 0 Å². The van der Waals surface area contributed by atoms with Gasteiger partial charge in [0.15, 0.2) is 0 Å². The smallest absolute Gasteiger partial charge is 0.0997 e. The van der Waals surface area contributed by atoms with Crippen LogP contribution in [0.2, 0.25) is 0 Å². The SMILES string of the molecule is C[C@]12CCN(Cc3ccccc3)C[C@@H]1O2. The topological polar surface area (TPSA) is 15.8 Å². The van der Waals surface area contributed by atoms with Gasteiger partial charge in [-0.3, -0.25) is 4.90 Å². The molecule has 2 heterocycles. The summed E-state index contributed by atoms with van der Waals surface area (Å²) in [5.41, 5.74) is 1.63. The summed E-state index contributed by atoms with van der Waals surface area (Å²) < 4.78 is 5.69. The van der Waals surface area contributed by atoms with Gasteiger partial charge < -0.3 is 4.74 Å². The van der Waals surface area contributed by atoms with Crippen molar-refractivity contribution in [3.05, 3.63) is 35.9 Å². The second-order valence-electron chi connectivity index (χ2n) is 4.89. The van der Waals surface area contributed by atoms with Crippen LogP contribution in [0.15, 0.2) is 30.3 Å². The first-order valence-electron chi connectivity index (χ1n) is 5.70. The van der Waals surface area contributed by atoms with Crippen LogP contribution in [0.3, 0.4) is 0 Å². The summed E-state index contributed by atoms with van der Waals surface area (Å²) >= 11 is 0. The summed E-state index contributed by atoms with van der Waals surface area (Å²) in [7, 11) is 0. The standard InChI is InChI=1S/C13H17NO/c1-13-7-8-14(10-12(13)15-13)9-11-5-3-2-4-6-11/h2-6,12H,7-10H2,1H3/t12-,13-/m0/s1. The maximum Gasteiger partial charge on any atom is 0.0997 e. The molecule has 0 aromatic heterocycles. The van der Waals surface area contributed by atoms with E-state index in [9.17, 15) is 0 Å². The lowest BCUT2D eigenvalue weighted by Gasteiger charge is -2.26. The van der Waals surface area contributed by atoms with Crippen LogP contribution in [-0.4, -0.2) is 29.7 Å². The summed E-state index contributed by atoms with van der Waals surface area (Å²) in [4.78, 5) is 2.49. The van der Waals surface area contributed by atoms with Crippen LogP contribution in [0.1, 0.15) is 18.9 Å². The van der Waals surface area contributed by atoms with Gasteiger partial charge in [0.1, 0.15) is 0 Å². The second kappa shape index (κ2) is 3.32. The molecule has 0 saturated carbocycles. The number of nitrogens with zero attached hydrogens (tertiary/aromatic N) is 1. The van der Waals surface area contributed by atoms with Crippen LogP contribution in [0.4, 0.5) is 0 Å². The molecule has 0 bridgehead atoms. The third kappa shape index (κ3) is 1.80. The summed E-state index contributed by atoms with van der Waals surface area (Å²) in [6.45, 7) is 5.57. The normalized spacial score (nSPS) is 34.9. The van der Waals surface area contributed by atoms with Gasteiger partial charge in [0.2, 0.25) is 0 Å². The highest BCUT2D eigenvalue weighted by Crippen LogP contribution is 2.43. The molecule has 0 unspecified atom stereocenters. The van der Waals surface area contributed by atoms with Crippen molar-refractivity contribution < 1.29 is 4.74 Å². The van der Waals surface area contributed by atoms with E-state index < -0.39 is 0 Å². The van der Waals surface area contributed by atoms with Crippen LogP contribution in [0.5, 0.6) is 0 Å². The number of hydrogen-bond donors (Lipinski definition) is 0. The van der Waals surface area contributed by atoms with E-state index in [2.05, 4.69) is 42.2 Å². The third-order valence-electron chi connectivity index (χ3n) is 3.63. The first-order valence-corrected chi connectivity index (χ1v) is 5.70. The van der Waals surface area contributed by atoms with Gasteiger partial charge in [-0.15, -0.1) is 0 Å². The van der Waals surface area contributed by atoms with Gasteiger partial charge in [0.05, 0.1) is 11.7 Å². The Morgan fingerprint density at radius 3 is 2.93 bits per heavy atom. The van der Waals surface area contributed by atoms with Crippen molar-refractivity contribution in [3.63, 3.8) is 0 Å². The Morgan fingerprint density at radius 2 is 2.20 bits per heavy atom. The molecule has 2 aliphatic heterocycles. The molecular weight excluding hydrogens is 186 g/mol. The number of ether oxygens (including phenoxy) is 1. The predicted molar refractivity (Wildman–Crippen MR) is 59.6 cm³/mol. The lowest BCUT2D eigenvalue weighted by Crippen LogP contribution is -2.37. The third-order valence-corrected chi connectivity index (χ3v) is 3.63. The number of benzene rings is 1. The zero-order valence-corrected chi connectivity index (χ0v) is 9.15. The van der Waals surface area contributed by atoms with E-state index in [1.54, 1.807) is 0 Å². The van der Waals surface area contributed by atoms with Crippen molar-refractivity contribution in [3.8, 4) is 0 Å². The molecule has 1 aromatic rings. The minimum atomic E-state index is 0.229. The van der Waals surface area contributed by atoms with E-state index in [0.717, 1.165) is 13.1 Å². The quantitative estimate of drug-likeness (QED) is 0.684. The van der Waals surface area contributed by atoms with Crippen LogP contribution in [-0.2, 0) is 11.3 Å². The molecule has 0 radical (unpaired) electrons. The van der Waals surface area contributed by atoms with E-state index in [-0.39, 0.29) is 5.60 Å². The van der Waals surface area contributed by atoms with Crippen molar-refractivity contribution in [2.24, 2.45) is 0 Å². The molecule has 2 heteroatoms. The highest BCUT2D eigenvalue weighted by atomic mass is 16.6. The maximum absolute atomic E-state index is 5.69. The van der Waals surface area contributed by atoms with Crippen molar-refractivity contribution >= 4 is 0 Å². The number of fused-ring (bicyclic) bond motifs is 1. The second-order valence-corrected chi connectivity index (χ2v) is 4.89. The lowest BCUT2D eigenvalue weighted by molar-refractivity contribution is 0.223. The first-order chi connectivity index (χ1) is 7.26. The van der Waals surface area contributed by atoms with Crippen LogP contribution >= 0.6 is 0 Å². The highest BCUT2D eigenvalue weighted by Gasteiger charge is 2.54. The first kappa shape index (κ1) is 9.37. The molecule has 2 nitrogen and oxygen atoms in total. The number of hydrogen-bond acceptors (Lipinski definition) is 2. The van der Waals surface area contributed by atoms with Gasteiger partial charge in [-0.2, -0.15) is 0 Å². The summed E-state index contributed by atoms with van der Waals surface area (Å²) in [5, 5.41) is 0. The zero-order chi connectivity index (χ0) is 10.3. The molecule has 2 saturated heterocycles. The molecule has 2 atom stereocenters. The van der Waals surface area contributed by atoms with Gasteiger partial charge in [0.25, 0.3) is 0 Å². The molecule has 1 aromatic carbocycles. The average Bonchev–Trinajstić information content (AvgIpc) is 2.91. The monoisotopic (exact) mass is 203 g/mol. The molecule has 2 fully saturated rings. The Balaban J connectivity index is 1.61. The number of rotatable bonds is 2. The minimum Gasteiger partial charge on any atom is -0.365 e. The van der Waals surface area contributed by atoms with Crippen molar-refractivity contribution in [1.82, 2.24) is 4.90 Å². The van der Waals surface area contributed by atoms with E-state index in [4.69, 9.17) is 4.74 Å². The van der Waals surface area contributed by atoms with Crippen molar-refractivity contribution in [2.45, 2.75) is 31.6 Å². The molecule has 0 spiro atoms. The van der Waals surface area contributed by atoms with E-state index in [1.807, 2.05) is 0 Å². The zero-order valence-electron chi connectivity index (χ0n) is 9.15.